The SMILES string of the molecule is CC(=N)CN(Cc1ccco1)c1ccccc1. The number of furan rings is 1. The lowest BCUT2D eigenvalue weighted by Gasteiger charge is -2.23. The molecule has 17 heavy (non-hydrogen) atoms. The molecule has 1 heterocycles. The van der Waals surface area contributed by atoms with Gasteiger partial charge in [0.1, 0.15) is 5.76 Å². The number of nitrogens with zero attached hydrogens (tertiary/aromatic N) is 1. The van der Waals surface area contributed by atoms with Crippen molar-refractivity contribution in [2.75, 3.05) is 11.4 Å². The lowest BCUT2D eigenvalue weighted by Crippen LogP contribution is -2.27. The average Bonchev–Trinajstić information content (AvgIpc) is 2.82. The van der Waals surface area contributed by atoms with E-state index in [4.69, 9.17) is 9.83 Å². The summed E-state index contributed by atoms with van der Waals surface area (Å²) in [4.78, 5) is 2.13. The maximum Gasteiger partial charge on any atom is 0.123 e. The molecule has 0 amide bonds. The molecule has 0 atom stereocenters. The highest BCUT2D eigenvalue weighted by Crippen LogP contribution is 2.16. The van der Waals surface area contributed by atoms with Gasteiger partial charge in [-0.3, -0.25) is 0 Å². The zero-order valence-electron chi connectivity index (χ0n) is 9.89. The topological polar surface area (TPSA) is 40.2 Å². The van der Waals surface area contributed by atoms with Crippen molar-refractivity contribution in [3.05, 3.63) is 54.5 Å². The van der Waals surface area contributed by atoms with Gasteiger partial charge in [0.25, 0.3) is 0 Å². The molecule has 0 aliphatic heterocycles. The van der Waals surface area contributed by atoms with Crippen LogP contribution in [0.1, 0.15) is 12.7 Å². The number of nitrogens with one attached hydrogen (secondary N) is 1. The molecule has 0 spiro atoms. The minimum Gasteiger partial charge on any atom is -0.467 e. The molecular weight excluding hydrogens is 212 g/mol. The molecule has 0 aliphatic rings. The third kappa shape index (κ3) is 3.21. The lowest BCUT2D eigenvalue weighted by molar-refractivity contribution is 0.506. The first-order valence-corrected chi connectivity index (χ1v) is 5.62. The van der Waals surface area contributed by atoms with Gasteiger partial charge in [-0.1, -0.05) is 18.2 Å². The van der Waals surface area contributed by atoms with Crippen molar-refractivity contribution in [1.82, 2.24) is 0 Å². The van der Waals surface area contributed by atoms with Crippen molar-refractivity contribution in [1.29, 1.82) is 5.41 Å². The Morgan fingerprint density at radius 2 is 1.94 bits per heavy atom. The van der Waals surface area contributed by atoms with Gasteiger partial charge < -0.3 is 14.7 Å². The van der Waals surface area contributed by atoms with Gasteiger partial charge >= 0.3 is 0 Å². The van der Waals surface area contributed by atoms with Crippen LogP contribution in [0.3, 0.4) is 0 Å². The Balaban J connectivity index is 2.16. The van der Waals surface area contributed by atoms with E-state index in [1.54, 1.807) is 6.26 Å². The van der Waals surface area contributed by atoms with Crippen LogP contribution in [-0.4, -0.2) is 12.3 Å². The summed E-state index contributed by atoms with van der Waals surface area (Å²) < 4.78 is 5.35. The number of benzene rings is 1. The van der Waals surface area contributed by atoms with Crippen LogP contribution < -0.4 is 4.90 Å². The van der Waals surface area contributed by atoms with E-state index in [1.165, 1.54) is 0 Å². The second-order valence-electron chi connectivity index (χ2n) is 4.05. The Morgan fingerprint density at radius 3 is 2.53 bits per heavy atom. The highest BCUT2D eigenvalue weighted by Gasteiger charge is 2.09. The third-order valence-corrected chi connectivity index (χ3v) is 2.48. The summed E-state index contributed by atoms with van der Waals surface area (Å²) in [5, 5.41) is 7.63. The standard InChI is InChI=1S/C14H16N2O/c1-12(15)10-16(11-14-8-5-9-17-14)13-6-3-2-4-7-13/h2-9,15H,10-11H2,1H3. The largest absolute Gasteiger partial charge is 0.467 e. The Bertz CT molecular complexity index is 462. The maximum atomic E-state index is 7.63. The smallest absolute Gasteiger partial charge is 0.123 e. The summed E-state index contributed by atoms with van der Waals surface area (Å²) in [5.41, 5.74) is 1.75. The van der Waals surface area contributed by atoms with Crippen LogP contribution in [0.25, 0.3) is 0 Å². The van der Waals surface area contributed by atoms with Crippen molar-refractivity contribution in [3.8, 4) is 0 Å². The van der Waals surface area contributed by atoms with Gasteiger partial charge in [-0.25, -0.2) is 0 Å². The van der Waals surface area contributed by atoms with Crippen LogP contribution >= 0.6 is 0 Å². The van der Waals surface area contributed by atoms with Gasteiger partial charge in [-0.05, 0) is 31.2 Å². The van der Waals surface area contributed by atoms with E-state index in [-0.39, 0.29) is 0 Å². The molecule has 2 rings (SSSR count). The molecule has 0 aliphatic carbocycles. The van der Waals surface area contributed by atoms with E-state index in [0.29, 0.717) is 18.8 Å². The second kappa shape index (κ2) is 5.34. The van der Waals surface area contributed by atoms with E-state index >= 15 is 0 Å². The van der Waals surface area contributed by atoms with Gasteiger partial charge in [0, 0.05) is 11.4 Å². The van der Waals surface area contributed by atoms with Crippen molar-refractivity contribution < 1.29 is 4.42 Å². The van der Waals surface area contributed by atoms with Crippen LogP contribution in [-0.2, 0) is 6.54 Å². The first kappa shape index (κ1) is 11.5. The molecular formula is C14H16N2O. The molecule has 0 unspecified atom stereocenters. The molecule has 1 N–H and O–H groups in total. The summed E-state index contributed by atoms with van der Waals surface area (Å²) in [6, 6.07) is 13.9. The molecule has 88 valence electrons. The molecule has 1 aromatic heterocycles. The highest BCUT2D eigenvalue weighted by molar-refractivity contribution is 5.83. The Kier molecular flexibility index (Phi) is 3.60. The summed E-state index contributed by atoms with van der Waals surface area (Å²) in [5.74, 6) is 0.912. The van der Waals surface area contributed by atoms with Gasteiger partial charge in [-0.2, -0.15) is 0 Å². The molecule has 2 aromatic rings. The van der Waals surface area contributed by atoms with Crippen molar-refractivity contribution in [2.45, 2.75) is 13.5 Å². The van der Waals surface area contributed by atoms with Crippen LogP contribution in [0, 0.1) is 5.41 Å². The van der Waals surface area contributed by atoms with Gasteiger partial charge in [0.15, 0.2) is 0 Å². The third-order valence-electron chi connectivity index (χ3n) is 2.48. The van der Waals surface area contributed by atoms with Gasteiger partial charge in [0.2, 0.25) is 0 Å². The summed E-state index contributed by atoms with van der Waals surface area (Å²) in [7, 11) is 0. The van der Waals surface area contributed by atoms with Crippen LogP contribution in [0.15, 0.2) is 53.1 Å². The van der Waals surface area contributed by atoms with Crippen molar-refractivity contribution in [2.24, 2.45) is 0 Å². The predicted molar refractivity (Wildman–Crippen MR) is 69.6 cm³/mol. The maximum absolute atomic E-state index is 7.63. The van der Waals surface area contributed by atoms with Crippen LogP contribution in [0.5, 0.6) is 0 Å². The van der Waals surface area contributed by atoms with E-state index in [2.05, 4.69) is 4.90 Å². The molecule has 3 heteroatoms. The Morgan fingerprint density at radius 1 is 1.18 bits per heavy atom. The van der Waals surface area contributed by atoms with Crippen LogP contribution in [0.4, 0.5) is 5.69 Å². The monoisotopic (exact) mass is 228 g/mol. The van der Waals surface area contributed by atoms with Crippen LogP contribution in [0.2, 0.25) is 0 Å². The van der Waals surface area contributed by atoms with E-state index in [0.717, 1.165) is 11.4 Å². The molecule has 0 radical (unpaired) electrons. The lowest BCUT2D eigenvalue weighted by atomic mass is 10.2. The fourth-order valence-corrected chi connectivity index (χ4v) is 1.75. The normalized spacial score (nSPS) is 10.2. The minimum atomic E-state index is 0.616. The predicted octanol–water partition coefficient (Wildman–Crippen LogP) is 3.33. The number of anilines is 1. The van der Waals surface area contributed by atoms with Gasteiger partial charge in [0.05, 0.1) is 19.4 Å². The Hall–Kier alpha value is -2.03. The minimum absolute atomic E-state index is 0.616. The van der Waals surface area contributed by atoms with Gasteiger partial charge in [-0.15, -0.1) is 0 Å². The van der Waals surface area contributed by atoms with E-state index in [9.17, 15) is 0 Å². The number of para-hydroxylation sites is 1. The number of hydrogen-bond donors (Lipinski definition) is 1. The fraction of sp³-hybridized carbons (Fsp3) is 0.214. The Labute approximate surface area is 101 Å². The summed E-state index contributed by atoms with van der Waals surface area (Å²) in [6.07, 6.45) is 1.68. The molecule has 3 nitrogen and oxygen atoms in total. The quantitative estimate of drug-likeness (QED) is 0.797. The summed E-state index contributed by atoms with van der Waals surface area (Å²) in [6.45, 7) is 3.12. The van der Waals surface area contributed by atoms with E-state index < -0.39 is 0 Å². The first-order chi connectivity index (χ1) is 8.25. The van der Waals surface area contributed by atoms with E-state index in [1.807, 2.05) is 49.4 Å². The average molecular weight is 228 g/mol. The zero-order valence-corrected chi connectivity index (χ0v) is 9.89. The van der Waals surface area contributed by atoms with Crippen molar-refractivity contribution >= 4 is 11.4 Å². The molecule has 1 aromatic carbocycles. The molecule has 0 bridgehead atoms. The zero-order chi connectivity index (χ0) is 12.1. The fourth-order valence-electron chi connectivity index (χ4n) is 1.75. The number of rotatable bonds is 5. The molecule has 0 fully saturated rings. The number of hydrogen-bond acceptors (Lipinski definition) is 3. The second-order valence-corrected chi connectivity index (χ2v) is 4.05. The molecule has 0 saturated heterocycles. The highest BCUT2D eigenvalue weighted by atomic mass is 16.3. The summed E-state index contributed by atoms with van der Waals surface area (Å²) >= 11 is 0. The first-order valence-electron chi connectivity index (χ1n) is 5.62. The van der Waals surface area contributed by atoms with Crippen molar-refractivity contribution in [3.63, 3.8) is 0 Å². The molecule has 0 saturated carbocycles.